The third-order valence-electron chi connectivity index (χ3n) is 6.60. The van der Waals surface area contributed by atoms with Crippen LogP contribution in [0, 0.1) is 5.82 Å². The first kappa shape index (κ1) is 20.0. The lowest BCUT2D eigenvalue weighted by atomic mass is 9.71. The summed E-state index contributed by atoms with van der Waals surface area (Å²) < 4.78 is 24.6. The van der Waals surface area contributed by atoms with Crippen LogP contribution in [-0.2, 0) is 25.1 Å². The lowest BCUT2D eigenvalue weighted by Gasteiger charge is -2.41. The lowest BCUT2D eigenvalue weighted by molar-refractivity contribution is -0.131. The van der Waals surface area contributed by atoms with E-state index in [-0.39, 0.29) is 17.1 Å². The quantitative estimate of drug-likeness (QED) is 0.836. The fourth-order valence-electron chi connectivity index (χ4n) is 4.68. The number of amides is 1. The number of ether oxygens (including phenoxy) is 2. The number of halogens is 1. The van der Waals surface area contributed by atoms with Gasteiger partial charge in [-0.15, -0.1) is 0 Å². The van der Waals surface area contributed by atoms with Crippen molar-refractivity contribution < 1.29 is 18.7 Å². The topological polar surface area (TPSA) is 47.6 Å². The molecule has 2 aliphatic heterocycles. The first-order valence-electron chi connectivity index (χ1n) is 10.4. The molecule has 2 aromatic carbocycles. The van der Waals surface area contributed by atoms with E-state index < -0.39 is 5.41 Å². The second-order valence-corrected chi connectivity index (χ2v) is 8.14. The van der Waals surface area contributed by atoms with Gasteiger partial charge in [-0.1, -0.05) is 42.5 Å². The van der Waals surface area contributed by atoms with Gasteiger partial charge in [0.2, 0.25) is 5.91 Å². The molecule has 0 aromatic heterocycles. The van der Waals surface area contributed by atoms with Gasteiger partial charge in [0.1, 0.15) is 5.82 Å². The summed E-state index contributed by atoms with van der Waals surface area (Å²) in [6.07, 6.45) is 2.96. The Labute approximate surface area is 171 Å². The number of benzene rings is 2. The Morgan fingerprint density at radius 1 is 0.828 bits per heavy atom. The zero-order chi connectivity index (χ0) is 20.2. The number of nitrogens with one attached hydrogen (secondary N) is 1. The van der Waals surface area contributed by atoms with Crippen LogP contribution in [-0.4, -0.2) is 38.9 Å². The Hall–Kier alpha value is -2.24. The molecule has 2 saturated heterocycles. The van der Waals surface area contributed by atoms with E-state index in [2.05, 4.69) is 5.32 Å². The van der Waals surface area contributed by atoms with Crippen molar-refractivity contribution in [3.63, 3.8) is 0 Å². The molecule has 29 heavy (non-hydrogen) atoms. The monoisotopic (exact) mass is 397 g/mol. The number of carbonyl (C=O) groups excluding carboxylic acids is 1. The van der Waals surface area contributed by atoms with Crippen LogP contribution >= 0.6 is 0 Å². The lowest BCUT2D eigenvalue weighted by Crippen LogP contribution is -2.52. The molecule has 2 fully saturated rings. The van der Waals surface area contributed by atoms with Gasteiger partial charge in [-0.3, -0.25) is 4.79 Å². The molecule has 0 atom stereocenters. The normalized spacial score (nSPS) is 20.7. The highest BCUT2D eigenvalue weighted by atomic mass is 19.1. The van der Waals surface area contributed by atoms with Crippen molar-refractivity contribution in [1.29, 1.82) is 0 Å². The summed E-state index contributed by atoms with van der Waals surface area (Å²) in [6.45, 7) is 2.98. The van der Waals surface area contributed by atoms with Crippen LogP contribution in [0.2, 0.25) is 0 Å². The predicted octanol–water partition coefficient (Wildman–Crippen LogP) is 3.74. The second-order valence-electron chi connectivity index (χ2n) is 8.14. The zero-order valence-corrected chi connectivity index (χ0v) is 16.7. The van der Waals surface area contributed by atoms with Crippen LogP contribution in [0.5, 0.6) is 0 Å². The summed E-state index contributed by atoms with van der Waals surface area (Å²) in [4.78, 5) is 13.5. The summed E-state index contributed by atoms with van der Waals surface area (Å²) in [6, 6.07) is 16.7. The Bertz CT molecular complexity index is 810. The molecule has 2 heterocycles. The van der Waals surface area contributed by atoms with Gasteiger partial charge < -0.3 is 14.8 Å². The third-order valence-corrected chi connectivity index (χ3v) is 6.60. The fraction of sp³-hybridized carbons (Fsp3) is 0.458. The molecule has 4 rings (SSSR count). The zero-order valence-electron chi connectivity index (χ0n) is 16.7. The minimum atomic E-state index is -0.561. The SMILES string of the molecule is O=C(NCC1(c2ccc(F)cc2)CCOCC1)C1(c2ccccc2)CCOCC1. The number of hydrogen-bond donors (Lipinski definition) is 1. The van der Waals surface area contributed by atoms with E-state index in [9.17, 15) is 9.18 Å². The van der Waals surface area contributed by atoms with E-state index in [4.69, 9.17) is 9.47 Å². The highest BCUT2D eigenvalue weighted by Crippen LogP contribution is 2.37. The average molecular weight is 397 g/mol. The summed E-state index contributed by atoms with van der Waals surface area (Å²) in [5.41, 5.74) is 1.31. The summed E-state index contributed by atoms with van der Waals surface area (Å²) in [7, 11) is 0. The van der Waals surface area contributed by atoms with Gasteiger partial charge in [-0.2, -0.15) is 0 Å². The van der Waals surface area contributed by atoms with Gasteiger partial charge >= 0.3 is 0 Å². The Morgan fingerprint density at radius 3 is 2.03 bits per heavy atom. The van der Waals surface area contributed by atoms with Crippen molar-refractivity contribution in [2.24, 2.45) is 0 Å². The minimum Gasteiger partial charge on any atom is -0.381 e. The summed E-state index contributed by atoms with van der Waals surface area (Å²) in [5.74, 6) is -0.190. The first-order chi connectivity index (χ1) is 14.1. The largest absolute Gasteiger partial charge is 0.381 e. The molecular formula is C24H28FNO3. The van der Waals surface area contributed by atoms with E-state index in [0.29, 0.717) is 45.8 Å². The second kappa shape index (κ2) is 8.64. The van der Waals surface area contributed by atoms with Crippen molar-refractivity contribution in [2.75, 3.05) is 33.0 Å². The molecule has 0 aliphatic carbocycles. The molecule has 4 nitrogen and oxygen atoms in total. The standard InChI is InChI=1S/C24H28FNO3/c25-21-8-6-19(7-9-21)23(10-14-28-15-11-23)18-26-22(27)24(12-16-29-17-13-24)20-4-2-1-3-5-20/h1-9H,10-18H2,(H,26,27). The highest BCUT2D eigenvalue weighted by Gasteiger charge is 2.43. The maximum atomic E-state index is 13.5. The van der Waals surface area contributed by atoms with E-state index in [1.54, 1.807) is 0 Å². The van der Waals surface area contributed by atoms with E-state index in [1.807, 2.05) is 42.5 Å². The van der Waals surface area contributed by atoms with E-state index >= 15 is 0 Å². The molecule has 1 amide bonds. The maximum absolute atomic E-state index is 13.5. The molecule has 1 N–H and O–H groups in total. The number of carbonyl (C=O) groups is 1. The van der Waals surface area contributed by atoms with Crippen molar-refractivity contribution in [3.05, 3.63) is 71.5 Å². The fourth-order valence-corrected chi connectivity index (χ4v) is 4.68. The van der Waals surface area contributed by atoms with Crippen molar-refractivity contribution in [2.45, 2.75) is 36.5 Å². The van der Waals surface area contributed by atoms with Crippen LogP contribution in [0.25, 0.3) is 0 Å². The van der Waals surface area contributed by atoms with Crippen LogP contribution in [0.1, 0.15) is 36.8 Å². The van der Waals surface area contributed by atoms with Crippen molar-refractivity contribution in [1.82, 2.24) is 5.32 Å². The molecule has 0 unspecified atom stereocenters. The molecule has 0 radical (unpaired) electrons. The molecular weight excluding hydrogens is 369 g/mol. The summed E-state index contributed by atoms with van der Waals surface area (Å²) >= 11 is 0. The van der Waals surface area contributed by atoms with Crippen molar-refractivity contribution >= 4 is 5.91 Å². The van der Waals surface area contributed by atoms with E-state index in [1.165, 1.54) is 12.1 Å². The van der Waals surface area contributed by atoms with Gasteiger partial charge in [0, 0.05) is 38.4 Å². The maximum Gasteiger partial charge on any atom is 0.230 e. The molecule has 0 saturated carbocycles. The van der Waals surface area contributed by atoms with Gasteiger partial charge in [0.25, 0.3) is 0 Å². The van der Waals surface area contributed by atoms with Gasteiger partial charge in [0.15, 0.2) is 0 Å². The smallest absolute Gasteiger partial charge is 0.230 e. The van der Waals surface area contributed by atoms with Crippen molar-refractivity contribution in [3.8, 4) is 0 Å². The summed E-state index contributed by atoms with van der Waals surface area (Å²) in [5, 5.41) is 3.27. The number of rotatable bonds is 5. The van der Waals surface area contributed by atoms with Gasteiger partial charge in [0.05, 0.1) is 5.41 Å². The van der Waals surface area contributed by atoms with E-state index in [0.717, 1.165) is 24.0 Å². The van der Waals surface area contributed by atoms with Crippen LogP contribution in [0.4, 0.5) is 4.39 Å². The van der Waals surface area contributed by atoms with Crippen LogP contribution < -0.4 is 5.32 Å². The van der Waals surface area contributed by atoms with Crippen LogP contribution in [0.15, 0.2) is 54.6 Å². The van der Waals surface area contributed by atoms with Gasteiger partial charge in [-0.05, 0) is 48.9 Å². The highest BCUT2D eigenvalue weighted by molar-refractivity contribution is 5.88. The molecule has 2 aromatic rings. The van der Waals surface area contributed by atoms with Gasteiger partial charge in [-0.25, -0.2) is 4.39 Å². The minimum absolute atomic E-state index is 0.0555. The number of hydrogen-bond acceptors (Lipinski definition) is 3. The predicted molar refractivity (Wildman–Crippen MR) is 109 cm³/mol. The Kier molecular flexibility index (Phi) is 5.97. The molecule has 0 bridgehead atoms. The first-order valence-corrected chi connectivity index (χ1v) is 10.4. The van der Waals surface area contributed by atoms with Crippen LogP contribution in [0.3, 0.4) is 0 Å². The average Bonchev–Trinajstić information content (AvgIpc) is 2.79. The third kappa shape index (κ3) is 4.07. The molecule has 154 valence electrons. The molecule has 0 spiro atoms. The molecule has 2 aliphatic rings. The molecule has 5 heteroatoms. The Morgan fingerprint density at radius 2 is 1.41 bits per heavy atom. The Balaban J connectivity index is 1.57.